The summed E-state index contributed by atoms with van der Waals surface area (Å²) in [4.78, 5) is 0. The first-order valence-corrected chi connectivity index (χ1v) is 19.1. The summed E-state index contributed by atoms with van der Waals surface area (Å²) in [5.74, 6) is 0. The van der Waals surface area contributed by atoms with E-state index in [1.807, 2.05) is 0 Å². The van der Waals surface area contributed by atoms with Gasteiger partial charge in [-0.3, -0.25) is 8.22 Å². The highest BCUT2D eigenvalue weighted by atomic mass is 28.4. The van der Waals surface area contributed by atoms with Crippen molar-refractivity contribution in [3.63, 3.8) is 0 Å². The molecule has 0 aliphatic rings. The SMILES string of the molecule is CCCCCCC[Si](F)(F)CCCCCC[Si](F)(CCCCCCC)CCCCCCC. The molecule has 0 atom stereocenters. The second-order valence-corrected chi connectivity index (χ2v) is 16.9. The topological polar surface area (TPSA) is 0 Å². The highest BCUT2D eigenvalue weighted by Gasteiger charge is 2.34. The molecule has 0 aromatic carbocycles. The average Bonchev–Trinajstić information content (AvgIpc) is 2.76. The van der Waals surface area contributed by atoms with E-state index in [1.54, 1.807) is 0 Å². The summed E-state index contributed by atoms with van der Waals surface area (Å²) in [6.45, 7) is 6.59. The quantitative estimate of drug-likeness (QED) is 0.0672. The minimum Gasteiger partial charge on any atom is -0.314 e. The average molecular weight is 495 g/mol. The predicted molar refractivity (Wildman–Crippen MR) is 144 cm³/mol. The number of hydrogen-bond donors (Lipinski definition) is 0. The Morgan fingerprint density at radius 2 is 0.594 bits per heavy atom. The molecule has 5 heteroatoms. The molecule has 0 bridgehead atoms. The molecule has 194 valence electrons. The molecule has 32 heavy (non-hydrogen) atoms. The maximum atomic E-state index is 15.8. The highest BCUT2D eigenvalue weighted by molar-refractivity contribution is 6.73. The van der Waals surface area contributed by atoms with Crippen LogP contribution < -0.4 is 0 Å². The van der Waals surface area contributed by atoms with Crippen LogP contribution in [0.3, 0.4) is 0 Å². The molecule has 0 fully saturated rings. The van der Waals surface area contributed by atoms with Gasteiger partial charge in [-0.25, -0.2) is 0 Å². The zero-order valence-corrected chi connectivity index (χ0v) is 24.1. The molecule has 0 N–H and O–H groups in total. The molecule has 0 amide bonds. The van der Waals surface area contributed by atoms with Crippen molar-refractivity contribution in [2.75, 3.05) is 0 Å². The zero-order chi connectivity index (χ0) is 24.0. The van der Waals surface area contributed by atoms with Crippen molar-refractivity contribution >= 4 is 17.1 Å². The van der Waals surface area contributed by atoms with E-state index in [1.165, 1.54) is 57.8 Å². The van der Waals surface area contributed by atoms with Crippen LogP contribution >= 0.6 is 0 Å². The molecule has 0 aliphatic carbocycles. The fourth-order valence-electron chi connectivity index (χ4n) is 4.76. The summed E-state index contributed by atoms with van der Waals surface area (Å²) in [6, 6.07) is 2.81. The molecular weight excluding hydrogens is 437 g/mol. The second-order valence-electron chi connectivity index (χ2n) is 10.4. The first-order chi connectivity index (χ1) is 15.4. The van der Waals surface area contributed by atoms with Gasteiger partial charge in [0.2, 0.25) is 8.41 Å². The highest BCUT2D eigenvalue weighted by Crippen LogP contribution is 2.31. The summed E-state index contributed by atoms with van der Waals surface area (Å²) < 4.78 is 44.1. The lowest BCUT2D eigenvalue weighted by Gasteiger charge is -2.23. The molecule has 0 aromatic rings. The third kappa shape index (κ3) is 20.8. The molecule has 0 saturated heterocycles. The van der Waals surface area contributed by atoms with Crippen molar-refractivity contribution in [3.8, 4) is 0 Å². The molecule has 0 saturated carbocycles. The molecule has 0 spiro atoms. The van der Waals surface area contributed by atoms with Crippen LogP contribution in [-0.2, 0) is 0 Å². The van der Waals surface area contributed by atoms with Gasteiger partial charge in [0.25, 0.3) is 0 Å². The van der Waals surface area contributed by atoms with Crippen LogP contribution in [0.5, 0.6) is 0 Å². The monoisotopic (exact) mass is 494 g/mol. The van der Waals surface area contributed by atoms with Crippen molar-refractivity contribution in [3.05, 3.63) is 0 Å². The normalized spacial score (nSPS) is 12.6. The summed E-state index contributed by atoms with van der Waals surface area (Å²) in [5, 5.41) is 0. The van der Waals surface area contributed by atoms with E-state index in [2.05, 4.69) is 20.8 Å². The van der Waals surface area contributed by atoms with Crippen molar-refractivity contribution in [1.29, 1.82) is 0 Å². The first-order valence-electron chi connectivity index (χ1n) is 14.5. The van der Waals surface area contributed by atoms with Gasteiger partial charge in [0.15, 0.2) is 0 Å². The van der Waals surface area contributed by atoms with E-state index in [9.17, 15) is 8.22 Å². The number of unbranched alkanes of at least 4 members (excludes halogenated alkanes) is 15. The zero-order valence-electron chi connectivity index (χ0n) is 22.1. The van der Waals surface area contributed by atoms with Gasteiger partial charge in [-0.05, 0) is 30.2 Å². The Bertz CT molecular complexity index is 377. The fourth-order valence-corrected chi connectivity index (χ4v) is 9.94. The smallest absolute Gasteiger partial charge is 0.314 e. The van der Waals surface area contributed by atoms with Crippen molar-refractivity contribution < 1.29 is 12.3 Å². The number of halogens is 3. The first kappa shape index (κ1) is 32.2. The van der Waals surface area contributed by atoms with E-state index < -0.39 is 17.1 Å². The Morgan fingerprint density at radius 3 is 0.875 bits per heavy atom. The molecule has 0 aliphatic heterocycles. The van der Waals surface area contributed by atoms with Crippen LogP contribution in [0.4, 0.5) is 12.3 Å². The summed E-state index contributed by atoms with van der Waals surface area (Å²) in [6.07, 6.45) is 20.5. The Hall–Kier alpha value is 0.224. The van der Waals surface area contributed by atoms with Crippen LogP contribution in [0.25, 0.3) is 0 Å². The minimum absolute atomic E-state index is 0.161. The molecule has 0 radical (unpaired) electrons. The Balaban J connectivity index is 4.09. The van der Waals surface area contributed by atoms with Crippen LogP contribution in [0.15, 0.2) is 0 Å². The van der Waals surface area contributed by atoms with Gasteiger partial charge in [0.1, 0.15) is 0 Å². The maximum Gasteiger partial charge on any atom is 0.425 e. The summed E-state index contributed by atoms with van der Waals surface area (Å²) in [7, 11) is -6.62. The Labute approximate surface area is 202 Å². The number of rotatable bonds is 25. The lowest BCUT2D eigenvalue weighted by molar-refractivity contribution is 0.546. The number of hydrogen-bond acceptors (Lipinski definition) is 0. The molecule has 0 heterocycles. The van der Waals surface area contributed by atoms with E-state index in [0.29, 0.717) is 12.8 Å². The van der Waals surface area contributed by atoms with E-state index in [4.69, 9.17) is 0 Å². The van der Waals surface area contributed by atoms with E-state index in [0.717, 1.165) is 69.5 Å². The van der Waals surface area contributed by atoms with E-state index >= 15 is 4.11 Å². The standard InChI is InChI=1S/C27H57F3Si2/c1-4-7-10-13-18-23-31(28,24-19-14-11-8-5-2)25-20-16-17-22-27-32(29,30)26-21-15-12-9-6-3/h4-27H2,1-3H3. The molecular formula is C27H57F3Si2. The summed E-state index contributed by atoms with van der Waals surface area (Å²) >= 11 is 0. The second kappa shape index (κ2) is 21.7. The van der Waals surface area contributed by atoms with Gasteiger partial charge >= 0.3 is 8.74 Å². The lowest BCUT2D eigenvalue weighted by Crippen LogP contribution is -2.28. The van der Waals surface area contributed by atoms with Crippen molar-refractivity contribution in [2.24, 2.45) is 0 Å². The molecule has 0 rings (SSSR count). The van der Waals surface area contributed by atoms with Crippen molar-refractivity contribution in [2.45, 2.75) is 173 Å². The molecule has 0 aromatic heterocycles. The van der Waals surface area contributed by atoms with Gasteiger partial charge < -0.3 is 4.11 Å². The van der Waals surface area contributed by atoms with E-state index in [-0.39, 0.29) is 12.1 Å². The lowest BCUT2D eigenvalue weighted by atomic mass is 10.2. The van der Waals surface area contributed by atoms with Gasteiger partial charge in [0, 0.05) is 0 Å². The van der Waals surface area contributed by atoms with Gasteiger partial charge in [-0.15, -0.1) is 0 Å². The Kier molecular flexibility index (Phi) is 21.9. The van der Waals surface area contributed by atoms with Gasteiger partial charge in [-0.1, -0.05) is 143 Å². The predicted octanol–water partition coefficient (Wildman–Crippen LogP) is 11.8. The van der Waals surface area contributed by atoms with Gasteiger partial charge in [-0.2, -0.15) is 0 Å². The fraction of sp³-hybridized carbons (Fsp3) is 1.00. The Morgan fingerprint density at radius 1 is 0.344 bits per heavy atom. The van der Waals surface area contributed by atoms with Crippen LogP contribution in [0.2, 0.25) is 30.2 Å². The van der Waals surface area contributed by atoms with Crippen LogP contribution in [-0.4, -0.2) is 17.1 Å². The largest absolute Gasteiger partial charge is 0.425 e. The third-order valence-corrected chi connectivity index (χ3v) is 12.9. The molecule has 0 nitrogen and oxygen atoms in total. The third-order valence-electron chi connectivity index (χ3n) is 7.02. The van der Waals surface area contributed by atoms with Crippen LogP contribution in [0.1, 0.15) is 143 Å². The minimum atomic E-state index is -3.98. The summed E-state index contributed by atoms with van der Waals surface area (Å²) in [5.41, 5.74) is 0. The van der Waals surface area contributed by atoms with Crippen molar-refractivity contribution in [1.82, 2.24) is 0 Å². The van der Waals surface area contributed by atoms with Crippen LogP contribution in [0, 0.1) is 0 Å². The maximum absolute atomic E-state index is 15.8. The van der Waals surface area contributed by atoms with Gasteiger partial charge in [0.05, 0.1) is 0 Å². The molecule has 0 unspecified atom stereocenters.